The lowest BCUT2D eigenvalue weighted by Crippen LogP contribution is -2.18. The van der Waals surface area contributed by atoms with Gasteiger partial charge in [0.2, 0.25) is 0 Å². The number of carbonyl (C=O) groups is 1. The Labute approximate surface area is 159 Å². The van der Waals surface area contributed by atoms with Gasteiger partial charge in [-0.15, -0.1) is 0 Å². The van der Waals surface area contributed by atoms with Gasteiger partial charge < -0.3 is 10.4 Å². The molecule has 0 unspecified atom stereocenters. The Morgan fingerprint density at radius 1 is 0.962 bits per heavy atom. The summed E-state index contributed by atoms with van der Waals surface area (Å²) < 4.78 is 77.8. The Bertz CT molecular complexity index is 864. The molecule has 140 valence electrons. The van der Waals surface area contributed by atoms with E-state index in [-0.39, 0.29) is 22.7 Å². The Hall–Kier alpha value is -1.75. The standard InChI is InChI=1S/C15H7Br2F6NO2/c16-7-4-8(12(25)10(17)5-7)13(26)24-11-3-6(14(18,19)20)1-2-9(11)15(21,22)23/h1-5,25H,(H,24,26). The molecule has 26 heavy (non-hydrogen) atoms. The predicted molar refractivity (Wildman–Crippen MR) is 87.9 cm³/mol. The molecule has 0 aromatic heterocycles. The van der Waals surface area contributed by atoms with E-state index in [0.717, 1.165) is 6.07 Å². The van der Waals surface area contributed by atoms with E-state index in [9.17, 15) is 36.2 Å². The van der Waals surface area contributed by atoms with Gasteiger partial charge in [-0.25, -0.2) is 0 Å². The highest BCUT2D eigenvalue weighted by atomic mass is 79.9. The molecule has 1 amide bonds. The van der Waals surface area contributed by atoms with Gasteiger partial charge in [0, 0.05) is 4.47 Å². The average molecular weight is 507 g/mol. The van der Waals surface area contributed by atoms with Crippen molar-refractivity contribution in [3.63, 3.8) is 0 Å². The maximum Gasteiger partial charge on any atom is 0.418 e. The van der Waals surface area contributed by atoms with Gasteiger partial charge in [-0.3, -0.25) is 4.79 Å². The average Bonchev–Trinajstić information content (AvgIpc) is 2.48. The van der Waals surface area contributed by atoms with Gasteiger partial charge in [0.15, 0.2) is 0 Å². The smallest absolute Gasteiger partial charge is 0.418 e. The SMILES string of the molecule is O=C(Nc1cc(C(F)(F)F)ccc1C(F)(F)F)c1cc(Br)cc(Br)c1O. The minimum Gasteiger partial charge on any atom is -0.506 e. The number of alkyl halides is 6. The van der Waals surface area contributed by atoms with E-state index in [1.807, 2.05) is 0 Å². The van der Waals surface area contributed by atoms with E-state index in [4.69, 9.17) is 0 Å². The summed E-state index contributed by atoms with van der Waals surface area (Å²) in [6.45, 7) is 0. The van der Waals surface area contributed by atoms with E-state index in [2.05, 4.69) is 31.9 Å². The molecule has 2 aromatic carbocycles. The first-order chi connectivity index (χ1) is 11.8. The third-order valence-electron chi connectivity index (χ3n) is 3.17. The maximum atomic E-state index is 13.0. The summed E-state index contributed by atoms with van der Waals surface area (Å²) in [5, 5.41) is 11.6. The Morgan fingerprint density at radius 3 is 2.12 bits per heavy atom. The van der Waals surface area contributed by atoms with Crippen LogP contribution < -0.4 is 5.32 Å². The lowest BCUT2D eigenvalue weighted by atomic mass is 10.1. The van der Waals surface area contributed by atoms with Crippen LogP contribution in [0.15, 0.2) is 39.3 Å². The number of phenols is 1. The second-order valence-corrected chi connectivity index (χ2v) is 6.76. The van der Waals surface area contributed by atoms with Crippen LogP contribution in [0.4, 0.5) is 32.0 Å². The fourth-order valence-electron chi connectivity index (χ4n) is 2.00. The highest BCUT2D eigenvalue weighted by Gasteiger charge is 2.37. The molecule has 3 nitrogen and oxygen atoms in total. The molecule has 0 saturated carbocycles. The van der Waals surface area contributed by atoms with Crippen LogP contribution in [0.5, 0.6) is 5.75 Å². The molecule has 2 rings (SSSR count). The topological polar surface area (TPSA) is 49.3 Å². The summed E-state index contributed by atoms with van der Waals surface area (Å²) in [7, 11) is 0. The van der Waals surface area contributed by atoms with Crippen molar-refractivity contribution in [3.05, 3.63) is 56.0 Å². The molecule has 0 atom stereocenters. The van der Waals surface area contributed by atoms with Crippen LogP contribution in [0.25, 0.3) is 0 Å². The monoisotopic (exact) mass is 505 g/mol. The van der Waals surface area contributed by atoms with Crippen LogP contribution in [-0.4, -0.2) is 11.0 Å². The van der Waals surface area contributed by atoms with Crippen LogP contribution in [0.2, 0.25) is 0 Å². The van der Waals surface area contributed by atoms with E-state index in [0.29, 0.717) is 4.47 Å². The van der Waals surface area contributed by atoms with Gasteiger partial charge in [0.25, 0.3) is 5.91 Å². The highest BCUT2D eigenvalue weighted by molar-refractivity contribution is 9.11. The van der Waals surface area contributed by atoms with Crippen LogP contribution >= 0.6 is 31.9 Å². The molecule has 0 aliphatic rings. The molecule has 0 saturated heterocycles. The van der Waals surface area contributed by atoms with E-state index in [1.54, 1.807) is 5.32 Å². The molecule has 0 fully saturated rings. The number of aromatic hydroxyl groups is 1. The molecule has 2 aromatic rings. The quantitative estimate of drug-likeness (QED) is 0.476. The summed E-state index contributed by atoms with van der Waals surface area (Å²) in [5.74, 6) is -1.79. The van der Waals surface area contributed by atoms with Gasteiger partial charge in [-0.1, -0.05) is 15.9 Å². The minimum absolute atomic E-state index is 0.0668. The molecule has 2 N–H and O–H groups in total. The molecule has 0 spiro atoms. The van der Waals surface area contributed by atoms with E-state index >= 15 is 0 Å². The van der Waals surface area contributed by atoms with Crippen molar-refractivity contribution in [1.29, 1.82) is 0 Å². The van der Waals surface area contributed by atoms with Gasteiger partial charge in [0.05, 0.1) is 26.9 Å². The van der Waals surface area contributed by atoms with Gasteiger partial charge in [0.1, 0.15) is 5.75 Å². The van der Waals surface area contributed by atoms with Gasteiger partial charge in [-0.05, 0) is 46.3 Å². The van der Waals surface area contributed by atoms with Crippen molar-refractivity contribution >= 4 is 43.5 Å². The summed E-state index contributed by atoms with van der Waals surface area (Å²) in [6, 6.07) is 3.17. The summed E-state index contributed by atoms with van der Waals surface area (Å²) in [6.07, 6.45) is -9.89. The van der Waals surface area contributed by atoms with Crippen LogP contribution in [-0.2, 0) is 12.4 Å². The number of amides is 1. The number of halogens is 8. The third-order valence-corrected chi connectivity index (χ3v) is 4.24. The lowest BCUT2D eigenvalue weighted by Gasteiger charge is -2.17. The normalized spacial score (nSPS) is 12.2. The largest absolute Gasteiger partial charge is 0.506 e. The van der Waals surface area contributed by atoms with Crippen molar-refractivity contribution in [2.75, 3.05) is 5.32 Å². The Morgan fingerprint density at radius 2 is 1.58 bits per heavy atom. The summed E-state index contributed by atoms with van der Waals surface area (Å²) in [5.41, 5.74) is -4.32. The minimum atomic E-state index is -4.99. The highest BCUT2D eigenvalue weighted by Crippen LogP contribution is 2.39. The molecule has 0 heterocycles. The number of hydrogen-bond acceptors (Lipinski definition) is 2. The zero-order valence-corrected chi connectivity index (χ0v) is 15.4. The number of hydrogen-bond donors (Lipinski definition) is 2. The van der Waals surface area contributed by atoms with Crippen molar-refractivity contribution < 1.29 is 36.2 Å². The van der Waals surface area contributed by atoms with Crippen molar-refractivity contribution in [2.24, 2.45) is 0 Å². The molecule has 0 aliphatic carbocycles. The summed E-state index contributed by atoms with van der Waals surface area (Å²) in [4.78, 5) is 12.2. The molecule has 0 bridgehead atoms. The molecule has 11 heteroatoms. The second kappa shape index (κ2) is 7.10. The summed E-state index contributed by atoms with van der Waals surface area (Å²) >= 11 is 5.98. The number of phenolic OH excluding ortho intramolecular Hbond substituents is 1. The fraction of sp³-hybridized carbons (Fsp3) is 0.133. The number of benzene rings is 2. The van der Waals surface area contributed by atoms with E-state index in [1.165, 1.54) is 6.07 Å². The zero-order chi connectivity index (χ0) is 19.9. The number of carbonyl (C=O) groups excluding carboxylic acids is 1. The first kappa shape index (κ1) is 20.6. The fourth-order valence-corrected chi connectivity index (χ4v) is 3.23. The number of rotatable bonds is 2. The maximum absolute atomic E-state index is 13.0. The van der Waals surface area contributed by atoms with Crippen LogP contribution in [0.3, 0.4) is 0 Å². The van der Waals surface area contributed by atoms with Crippen molar-refractivity contribution in [3.8, 4) is 5.75 Å². The molecular formula is C15H7Br2F6NO2. The first-order valence-electron chi connectivity index (χ1n) is 6.58. The van der Waals surface area contributed by atoms with Gasteiger partial charge in [-0.2, -0.15) is 26.3 Å². The third kappa shape index (κ3) is 4.50. The molecule has 0 aliphatic heterocycles. The van der Waals surface area contributed by atoms with Crippen molar-refractivity contribution in [2.45, 2.75) is 12.4 Å². The molecule has 0 radical (unpaired) electrons. The number of anilines is 1. The van der Waals surface area contributed by atoms with Crippen LogP contribution in [0.1, 0.15) is 21.5 Å². The predicted octanol–water partition coefficient (Wildman–Crippen LogP) is 6.21. The first-order valence-corrected chi connectivity index (χ1v) is 8.17. The Balaban J connectivity index is 2.52. The second-order valence-electron chi connectivity index (χ2n) is 4.99. The van der Waals surface area contributed by atoms with E-state index < -0.39 is 46.4 Å². The zero-order valence-electron chi connectivity index (χ0n) is 12.3. The van der Waals surface area contributed by atoms with Crippen LogP contribution in [0, 0.1) is 0 Å². The Kier molecular flexibility index (Phi) is 5.62. The lowest BCUT2D eigenvalue weighted by molar-refractivity contribution is -0.140. The van der Waals surface area contributed by atoms with Crippen molar-refractivity contribution in [1.82, 2.24) is 0 Å². The molecular weight excluding hydrogens is 500 g/mol. The van der Waals surface area contributed by atoms with Gasteiger partial charge >= 0.3 is 12.4 Å². The number of nitrogens with one attached hydrogen (secondary N) is 1.